The number of carbonyl (C=O) groups excluding carboxylic acids is 1. The van der Waals surface area contributed by atoms with Gasteiger partial charge in [0.1, 0.15) is 5.69 Å². The molecule has 1 saturated carbocycles. The lowest BCUT2D eigenvalue weighted by Crippen LogP contribution is -2.54. The highest BCUT2D eigenvalue weighted by molar-refractivity contribution is 9.10. The first-order valence-electron chi connectivity index (χ1n) is 8.61. The average molecular weight is 406 g/mol. The molecule has 2 aliphatic rings. The number of halogens is 1. The molecule has 0 unspecified atom stereocenters. The fourth-order valence-corrected chi connectivity index (χ4v) is 4.42. The first-order chi connectivity index (χ1) is 12.1. The summed E-state index contributed by atoms with van der Waals surface area (Å²) < 4.78 is 0.825. The summed E-state index contributed by atoms with van der Waals surface area (Å²) in [7, 11) is 0. The maximum absolute atomic E-state index is 13.2. The summed E-state index contributed by atoms with van der Waals surface area (Å²) in [5, 5.41) is 22.5. The van der Waals surface area contributed by atoms with Crippen LogP contribution < -0.4 is 0 Å². The zero-order valence-corrected chi connectivity index (χ0v) is 15.4. The Hall–Kier alpha value is -1.80. The topological polar surface area (TPSA) is 84.1 Å². The fraction of sp³-hybridized carbons (Fsp3) is 0.529. The van der Waals surface area contributed by atoms with E-state index in [1.165, 1.54) is 11.1 Å². The van der Waals surface area contributed by atoms with Crippen LogP contribution >= 0.6 is 15.9 Å². The molecule has 0 radical (unpaired) electrons. The Morgan fingerprint density at radius 2 is 2.20 bits per heavy atom. The number of carbonyl (C=O) groups is 1. The van der Waals surface area contributed by atoms with Crippen LogP contribution in [0.25, 0.3) is 5.69 Å². The third kappa shape index (κ3) is 3.08. The smallest absolute Gasteiger partial charge is 0.256 e. The van der Waals surface area contributed by atoms with Crippen LogP contribution in [0.4, 0.5) is 0 Å². The van der Waals surface area contributed by atoms with Crippen molar-refractivity contribution < 1.29 is 9.90 Å². The van der Waals surface area contributed by atoms with Gasteiger partial charge in [-0.3, -0.25) is 4.79 Å². The lowest BCUT2D eigenvalue weighted by molar-refractivity contribution is -0.0886. The number of amides is 1. The maximum atomic E-state index is 13.2. The average Bonchev–Trinajstić information content (AvgIpc) is 3.14. The van der Waals surface area contributed by atoms with E-state index in [1.807, 2.05) is 11.0 Å². The summed E-state index contributed by atoms with van der Waals surface area (Å²) in [4.78, 5) is 16.4. The minimum atomic E-state index is -0.595. The van der Waals surface area contributed by atoms with Gasteiger partial charge in [-0.2, -0.15) is 0 Å². The van der Waals surface area contributed by atoms with E-state index in [1.54, 1.807) is 12.1 Å². The highest BCUT2D eigenvalue weighted by Crippen LogP contribution is 2.40. The fourth-order valence-electron chi connectivity index (χ4n) is 4.06. The number of likely N-dealkylation sites (tertiary alicyclic amines) is 1. The quantitative estimate of drug-likeness (QED) is 0.827. The molecule has 1 aliphatic heterocycles. The van der Waals surface area contributed by atoms with Gasteiger partial charge in [0.05, 0.1) is 11.2 Å². The molecule has 0 spiro atoms. The Morgan fingerprint density at radius 3 is 3.00 bits per heavy atom. The van der Waals surface area contributed by atoms with Crippen molar-refractivity contribution in [1.29, 1.82) is 0 Å². The number of tetrazole rings is 1. The zero-order valence-electron chi connectivity index (χ0n) is 13.8. The van der Waals surface area contributed by atoms with E-state index in [9.17, 15) is 9.90 Å². The molecule has 2 aromatic rings. The van der Waals surface area contributed by atoms with Gasteiger partial charge >= 0.3 is 0 Å². The molecule has 1 aliphatic carbocycles. The highest BCUT2D eigenvalue weighted by atomic mass is 79.9. The van der Waals surface area contributed by atoms with Crippen molar-refractivity contribution in [3.05, 3.63) is 34.6 Å². The minimum Gasteiger partial charge on any atom is -0.389 e. The lowest BCUT2D eigenvalue weighted by Gasteiger charge is -2.47. The summed E-state index contributed by atoms with van der Waals surface area (Å²) >= 11 is 3.44. The molecular formula is C17H20BrN5O2. The number of hydrogen-bond donors (Lipinski definition) is 1. The molecule has 1 saturated heterocycles. The van der Waals surface area contributed by atoms with Gasteiger partial charge in [-0.05, 0) is 42.7 Å². The molecule has 1 amide bonds. The molecule has 1 aromatic carbocycles. The van der Waals surface area contributed by atoms with E-state index in [4.69, 9.17) is 0 Å². The van der Waals surface area contributed by atoms with Crippen LogP contribution in [0, 0.1) is 5.92 Å². The van der Waals surface area contributed by atoms with Crippen molar-refractivity contribution >= 4 is 21.8 Å². The maximum Gasteiger partial charge on any atom is 0.256 e. The second kappa shape index (κ2) is 6.49. The van der Waals surface area contributed by atoms with E-state index in [0.717, 1.165) is 30.2 Å². The third-order valence-corrected chi connectivity index (χ3v) is 5.96. The van der Waals surface area contributed by atoms with E-state index in [2.05, 4.69) is 31.3 Å². The molecule has 2 atom stereocenters. The van der Waals surface area contributed by atoms with Crippen LogP contribution in [0.5, 0.6) is 0 Å². The summed E-state index contributed by atoms with van der Waals surface area (Å²) in [5.74, 6) is 0.111. The van der Waals surface area contributed by atoms with Crippen LogP contribution in [-0.2, 0) is 0 Å². The second-order valence-electron chi connectivity index (χ2n) is 6.93. The van der Waals surface area contributed by atoms with Crippen LogP contribution in [-0.4, -0.2) is 54.8 Å². The van der Waals surface area contributed by atoms with Crippen molar-refractivity contribution in [3.63, 3.8) is 0 Å². The first kappa shape index (κ1) is 16.7. The first-order valence-corrected chi connectivity index (χ1v) is 9.41. The van der Waals surface area contributed by atoms with E-state index in [-0.39, 0.29) is 11.8 Å². The number of aromatic nitrogens is 4. The molecule has 132 valence electrons. The van der Waals surface area contributed by atoms with Crippen molar-refractivity contribution in [2.75, 3.05) is 13.1 Å². The van der Waals surface area contributed by atoms with Gasteiger partial charge in [0, 0.05) is 23.5 Å². The van der Waals surface area contributed by atoms with Crippen LogP contribution in [0.1, 0.15) is 42.5 Å². The van der Waals surface area contributed by atoms with Gasteiger partial charge in [0.2, 0.25) is 0 Å². The van der Waals surface area contributed by atoms with Crippen molar-refractivity contribution in [2.24, 2.45) is 5.92 Å². The van der Waals surface area contributed by atoms with Crippen LogP contribution in [0.15, 0.2) is 29.0 Å². The molecule has 25 heavy (non-hydrogen) atoms. The summed E-state index contributed by atoms with van der Waals surface area (Å²) in [5.41, 5.74) is 0.548. The predicted octanol–water partition coefficient (Wildman–Crippen LogP) is 2.19. The highest BCUT2D eigenvalue weighted by Gasteiger charge is 2.44. The van der Waals surface area contributed by atoms with Gasteiger partial charge < -0.3 is 10.0 Å². The molecule has 7 nitrogen and oxygen atoms in total. The Labute approximate surface area is 154 Å². The molecule has 4 rings (SSSR count). The van der Waals surface area contributed by atoms with Gasteiger partial charge in [-0.15, -0.1) is 15.0 Å². The number of piperidine rings is 1. The number of rotatable bonds is 2. The number of nitrogens with zero attached hydrogens (tertiary/aromatic N) is 5. The SMILES string of the molecule is O=C(c1cc(Br)ccc1-n1ncnn1)N1CC[C@@]2(O)CCCC[C@@H]2C1. The van der Waals surface area contributed by atoms with E-state index < -0.39 is 5.60 Å². The molecule has 8 heteroatoms. The Bertz CT molecular complexity index is 781. The summed E-state index contributed by atoms with van der Waals surface area (Å²) in [6, 6.07) is 5.45. The number of aliphatic hydroxyl groups is 1. The largest absolute Gasteiger partial charge is 0.389 e. The summed E-state index contributed by atoms with van der Waals surface area (Å²) in [6.07, 6.45) is 6.03. The molecular weight excluding hydrogens is 386 g/mol. The lowest BCUT2D eigenvalue weighted by atomic mass is 9.71. The number of hydrogen-bond acceptors (Lipinski definition) is 5. The molecule has 2 heterocycles. The van der Waals surface area contributed by atoms with Crippen molar-refractivity contribution in [1.82, 2.24) is 25.1 Å². The molecule has 0 bridgehead atoms. The Balaban J connectivity index is 1.62. The Kier molecular flexibility index (Phi) is 4.33. The number of benzene rings is 1. The monoisotopic (exact) mass is 405 g/mol. The molecule has 1 aromatic heterocycles. The van der Waals surface area contributed by atoms with Gasteiger partial charge in [0.25, 0.3) is 5.91 Å². The van der Waals surface area contributed by atoms with Crippen molar-refractivity contribution in [2.45, 2.75) is 37.7 Å². The van der Waals surface area contributed by atoms with Crippen LogP contribution in [0.2, 0.25) is 0 Å². The molecule has 2 fully saturated rings. The number of fused-ring (bicyclic) bond motifs is 1. The van der Waals surface area contributed by atoms with E-state index in [0.29, 0.717) is 30.8 Å². The molecule has 1 N–H and O–H groups in total. The third-order valence-electron chi connectivity index (χ3n) is 5.47. The van der Waals surface area contributed by atoms with Gasteiger partial charge in [0.15, 0.2) is 6.33 Å². The minimum absolute atomic E-state index is 0.0544. The van der Waals surface area contributed by atoms with E-state index >= 15 is 0 Å². The zero-order chi connectivity index (χ0) is 17.4. The van der Waals surface area contributed by atoms with Gasteiger partial charge in [-0.25, -0.2) is 0 Å². The second-order valence-corrected chi connectivity index (χ2v) is 7.85. The standard InChI is InChI=1S/C17H20BrN5O2/c18-13-4-5-15(23-20-11-19-21-23)14(9-13)16(24)22-8-7-17(25)6-2-1-3-12(17)10-22/h4-5,9,11-12,25H,1-3,6-8,10H2/t12-,17+/m1/s1. The normalized spacial score (nSPS) is 26.3. The van der Waals surface area contributed by atoms with Crippen LogP contribution in [0.3, 0.4) is 0 Å². The predicted molar refractivity (Wildman–Crippen MR) is 94.3 cm³/mol. The Morgan fingerprint density at radius 1 is 1.32 bits per heavy atom. The summed E-state index contributed by atoms with van der Waals surface area (Å²) in [6.45, 7) is 1.18. The van der Waals surface area contributed by atoms with Crippen molar-refractivity contribution in [3.8, 4) is 5.69 Å². The van der Waals surface area contributed by atoms with Gasteiger partial charge in [-0.1, -0.05) is 28.8 Å².